The zero-order chi connectivity index (χ0) is 12.8. The van der Waals surface area contributed by atoms with E-state index in [9.17, 15) is 9.59 Å². The van der Waals surface area contributed by atoms with Crippen LogP contribution in [0.4, 0.5) is 0 Å². The summed E-state index contributed by atoms with van der Waals surface area (Å²) in [6, 6.07) is 0. The molecule has 0 fully saturated rings. The minimum absolute atomic E-state index is 0.0398. The van der Waals surface area contributed by atoms with Gasteiger partial charge in [0.1, 0.15) is 5.82 Å². The Labute approximate surface area is 99.4 Å². The van der Waals surface area contributed by atoms with Crippen molar-refractivity contribution in [2.45, 2.75) is 20.3 Å². The van der Waals surface area contributed by atoms with Gasteiger partial charge in [0.05, 0.1) is 13.0 Å². The van der Waals surface area contributed by atoms with Gasteiger partial charge < -0.3 is 15.0 Å². The molecule has 0 saturated heterocycles. The number of carbonyl (C=O) groups is 1. The Hall–Kier alpha value is -1.69. The van der Waals surface area contributed by atoms with Crippen molar-refractivity contribution < 1.29 is 9.53 Å². The van der Waals surface area contributed by atoms with Crippen LogP contribution in [-0.4, -0.2) is 36.1 Å². The highest BCUT2D eigenvalue weighted by molar-refractivity contribution is 5.78. The maximum absolute atomic E-state index is 11.6. The number of carbonyl (C=O) groups excluding carboxylic acids is 1. The number of nitrogens with one attached hydrogen (secondary N) is 2. The van der Waals surface area contributed by atoms with E-state index in [1.54, 1.807) is 21.0 Å². The number of ether oxygens (including phenoxy) is 1. The summed E-state index contributed by atoms with van der Waals surface area (Å²) in [5.41, 5.74) is 0.746. The quantitative estimate of drug-likeness (QED) is 0.690. The molecule has 17 heavy (non-hydrogen) atoms. The van der Waals surface area contributed by atoms with Crippen molar-refractivity contribution in [2.24, 2.45) is 0 Å². The summed E-state index contributed by atoms with van der Waals surface area (Å²) in [7, 11) is 1.56. The second-order valence-electron chi connectivity index (χ2n) is 3.73. The van der Waals surface area contributed by atoms with Crippen LogP contribution in [0.5, 0.6) is 0 Å². The smallest absolute Gasteiger partial charge is 0.254 e. The fraction of sp³-hybridized carbons (Fsp3) is 0.545. The van der Waals surface area contributed by atoms with Crippen LogP contribution < -0.4 is 10.9 Å². The molecule has 0 atom stereocenters. The standard InChI is InChI=1S/C11H17N3O3/c1-7-9(11(16)14-8(2)13-7)6-10(15)12-4-5-17-3/h4-6H2,1-3H3,(H,12,15)(H,13,14,16). The van der Waals surface area contributed by atoms with E-state index in [4.69, 9.17) is 4.74 Å². The fourth-order valence-electron chi connectivity index (χ4n) is 1.47. The van der Waals surface area contributed by atoms with E-state index in [2.05, 4.69) is 15.3 Å². The highest BCUT2D eigenvalue weighted by Crippen LogP contribution is 1.99. The lowest BCUT2D eigenvalue weighted by atomic mass is 10.1. The molecule has 2 N–H and O–H groups in total. The van der Waals surface area contributed by atoms with Crippen molar-refractivity contribution >= 4 is 5.91 Å². The maximum atomic E-state index is 11.6. The summed E-state index contributed by atoms with van der Waals surface area (Å²) >= 11 is 0. The van der Waals surface area contributed by atoms with E-state index in [1.165, 1.54) is 0 Å². The van der Waals surface area contributed by atoms with Gasteiger partial charge in [-0.15, -0.1) is 0 Å². The molecular formula is C11H17N3O3. The van der Waals surface area contributed by atoms with Crippen LogP contribution in [0.3, 0.4) is 0 Å². The van der Waals surface area contributed by atoms with Gasteiger partial charge >= 0.3 is 0 Å². The molecule has 0 aromatic carbocycles. The molecule has 0 unspecified atom stereocenters. The van der Waals surface area contributed by atoms with Crippen LogP contribution in [0, 0.1) is 13.8 Å². The normalized spacial score (nSPS) is 10.3. The third kappa shape index (κ3) is 3.99. The Kier molecular flexibility index (Phi) is 4.84. The SMILES string of the molecule is COCCNC(=O)Cc1c(C)nc(C)[nH]c1=O. The average molecular weight is 239 g/mol. The molecule has 0 spiro atoms. The first-order chi connectivity index (χ1) is 8.04. The first-order valence-corrected chi connectivity index (χ1v) is 5.36. The van der Waals surface area contributed by atoms with Gasteiger partial charge in [0.2, 0.25) is 5.91 Å². The number of nitrogens with zero attached hydrogens (tertiary/aromatic N) is 1. The molecular weight excluding hydrogens is 222 g/mol. The number of H-pyrrole nitrogens is 1. The van der Waals surface area contributed by atoms with Crippen molar-refractivity contribution in [2.75, 3.05) is 20.3 Å². The predicted molar refractivity (Wildman–Crippen MR) is 62.9 cm³/mol. The molecule has 6 nitrogen and oxygen atoms in total. The van der Waals surface area contributed by atoms with E-state index >= 15 is 0 Å². The average Bonchev–Trinajstić information content (AvgIpc) is 2.24. The molecule has 0 saturated carbocycles. The summed E-state index contributed by atoms with van der Waals surface area (Å²) in [6.07, 6.45) is 0.0398. The zero-order valence-corrected chi connectivity index (χ0v) is 10.3. The minimum Gasteiger partial charge on any atom is -0.383 e. The monoisotopic (exact) mass is 239 g/mol. The molecule has 0 aliphatic carbocycles. The van der Waals surface area contributed by atoms with Crippen LogP contribution in [0.1, 0.15) is 17.1 Å². The highest BCUT2D eigenvalue weighted by atomic mass is 16.5. The molecule has 0 radical (unpaired) electrons. The molecule has 1 aromatic heterocycles. The van der Waals surface area contributed by atoms with Crippen LogP contribution in [0.15, 0.2) is 4.79 Å². The van der Waals surface area contributed by atoms with Crippen LogP contribution in [0.2, 0.25) is 0 Å². The lowest BCUT2D eigenvalue weighted by molar-refractivity contribution is -0.120. The van der Waals surface area contributed by atoms with Gasteiger partial charge in [-0.05, 0) is 13.8 Å². The van der Waals surface area contributed by atoms with Gasteiger partial charge in [0.25, 0.3) is 5.56 Å². The van der Waals surface area contributed by atoms with E-state index < -0.39 is 0 Å². The number of methoxy groups -OCH3 is 1. The number of rotatable bonds is 5. The number of amides is 1. The van der Waals surface area contributed by atoms with Crippen molar-refractivity contribution in [1.29, 1.82) is 0 Å². The second kappa shape index (κ2) is 6.15. The van der Waals surface area contributed by atoms with Gasteiger partial charge in [-0.3, -0.25) is 9.59 Å². The number of aromatic nitrogens is 2. The molecule has 1 amide bonds. The van der Waals surface area contributed by atoms with Gasteiger partial charge in [-0.2, -0.15) is 0 Å². The number of aryl methyl sites for hydroxylation is 2. The summed E-state index contributed by atoms with van der Waals surface area (Å²) in [5, 5.41) is 2.66. The molecule has 0 bridgehead atoms. The van der Waals surface area contributed by atoms with Crippen molar-refractivity contribution in [1.82, 2.24) is 15.3 Å². The third-order valence-electron chi connectivity index (χ3n) is 2.31. The van der Waals surface area contributed by atoms with Gasteiger partial charge in [-0.25, -0.2) is 4.98 Å². The predicted octanol–water partition coefficient (Wildman–Crippen LogP) is -0.308. The molecule has 1 rings (SSSR count). The number of hydrogen-bond acceptors (Lipinski definition) is 4. The van der Waals surface area contributed by atoms with Crippen LogP contribution in [0.25, 0.3) is 0 Å². The van der Waals surface area contributed by atoms with Gasteiger partial charge in [-0.1, -0.05) is 0 Å². The Morgan fingerprint density at radius 2 is 2.18 bits per heavy atom. The number of hydrogen-bond donors (Lipinski definition) is 2. The topological polar surface area (TPSA) is 84.1 Å². The summed E-state index contributed by atoms with van der Waals surface area (Å²) in [6.45, 7) is 4.32. The molecule has 1 heterocycles. The van der Waals surface area contributed by atoms with E-state index in [-0.39, 0.29) is 17.9 Å². The van der Waals surface area contributed by atoms with E-state index in [1.807, 2.05) is 0 Å². The Bertz CT molecular complexity index is 454. The highest BCUT2D eigenvalue weighted by Gasteiger charge is 2.11. The molecule has 0 aliphatic heterocycles. The lowest BCUT2D eigenvalue weighted by Gasteiger charge is -2.06. The van der Waals surface area contributed by atoms with E-state index in [0.717, 1.165) is 0 Å². The largest absolute Gasteiger partial charge is 0.383 e. The van der Waals surface area contributed by atoms with Crippen LogP contribution in [-0.2, 0) is 16.0 Å². The fourth-order valence-corrected chi connectivity index (χ4v) is 1.47. The van der Waals surface area contributed by atoms with Gasteiger partial charge in [0.15, 0.2) is 0 Å². The minimum atomic E-state index is -0.253. The lowest BCUT2D eigenvalue weighted by Crippen LogP contribution is -2.31. The van der Waals surface area contributed by atoms with Crippen molar-refractivity contribution in [3.63, 3.8) is 0 Å². The third-order valence-corrected chi connectivity index (χ3v) is 2.31. The van der Waals surface area contributed by atoms with Crippen molar-refractivity contribution in [3.8, 4) is 0 Å². The van der Waals surface area contributed by atoms with Crippen LogP contribution >= 0.6 is 0 Å². The summed E-state index contributed by atoms with van der Waals surface area (Å²) < 4.78 is 4.81. The first kappa shape index (κ1) is 13.4. The summed E-state index contributed by atoms with van der Waals surface area (Å²) in [5.74, 6) is 0.345. The van der Waals surface area contributed by atoms with Crippen molar-refractivity contribution in [3.05, 3.63) is 27.4 Å². The Morgan fingerprint density at radius 1 is 1.47 bits per heavy atom. The molecule has 0 aliphatic rings. The van der Waals surface area contributed by atoms with E-state index in [0.29, 0.717) is 30.2 Å². The Morgan fingerprint density at radius 3 is 2.76 bits per heavy atom. The number of aromatic amines is 1. The first-order valence-electron chi connectivity index (χ1n) is 5.36. The Balaban J connectivity index is 2.69. The summed E-state index contributed by atoms with van der Waals surface area (Å²) in [4.78, 5) is 29.9. The zero-order valence-electron chi connectivity index (χ0n) is 10.3. The molecule has 94 valence electrons. The second-order valence-corrected chi connectivity index (χ2v) is 3.73. The molecule has 1 aromatic rings. The van der Waals surface area contributed by atoms with Gasteiger partial charge in [0, 0.05) is 24.9 Å². The molecule has 6 heteroatoms. The maximum Gasteiger partial charge on any atom is 0.254 e.